The second-order valence-corrected chi connectivity index (χ2v) is 5.06. The van der Waals surface area contributed by atoms with Gasteiger partial charge in [-0.05, 0) is 30.3 Å². The van der Waals surface area contributed by atoms with E-state index in [9.17, 15) is 9.18 Å². The molecule has 2 aromatic carbocycles. The molecular weight excluding hydrogens is 327 g/mol. The summed E-state index contributed by atoms with van der Waals surface area (Å²) in [6.07, 6.45) is 0. The summed E-state index contributed by atoms with van der Waals surface area (Å²) in [4.78, 5) is 11.3. The fourth-order valence-corrected chi connectivity index (χ4v) is 1.99. The van der Waals surface area contributed by atoms with Crippen molar-refractivity contribution in [2.24, 2.45) is 5.73 Å². The molecular formula is C14H12BrFN2O2. The third-order valence-electron chi connectivity index (χ3n) is 2.67. The molecule has 0 aromatic heterocycles. The highest BCUT2D eigenvalue weighted by molar-refractivity contribution is 9.10. The predicted octanol–water partition coefficient (Wildman–Crippen LogP) is 2.85. The molecule has 6 heteroatoms. The first-order valence-corrected chi connectivity index (χ1v) is 6.52. The minimum Gasteiger partial charge on any atom is -0.488 e. The van der Waals surface area contributed by atoms with Crippen molar-refractivity contribution in [1.82, 2.24) is 0 Å². The molecule has 2 rings (SSSR count). The van der Waals surface area contributed by atoms with E-state index in [4.69, 9.17) is 16.2 Å². The summed E-state index contributed by atoms with van der Waals surface area (Å²) in [5.41, 5.74) is 11.8. The maximum absolute atomic E-state index is 13.7. The summed E-state index contributed by atoms with van der Waals surface area (Å²) in [7, 11) is 0. The van der Waals surface area contributed by atoms with E-state index in [2.05, 4.69) is 15.9 Å². The van der Waals surface area contributed by atoms with Gasteiger partial charge < -0.3 is 16.2 Å². The molecule has 20 heavy (non-hydrogen) atoms. The monoisotopic (exact) mass is 338 g/mol. The number of halogens is 2. The van der Waals surface area contributed by atoms with Gasteiger partial charge in [0, 0.05) is 15.7 Å². The lowest BCUT2D eigenvalue weighted by Crippen LogP contribution is -2.13. The quantitative estimate of drug-likeness (QED) is 0.841. The van der Waals surface area contributed by atoms with Crippen LogP contribution in [0.4, 0.5) is 10.1 Å². The molecule has 0 aliphatic rings. The molecule has 0 aliphatic heterocycles. The van der Waals surface area contributed by atoms with Crippen LogP contribution in [0.5, 0.6) is 5.75 Å². The number of rotatable bonds is 4. The molecule has 0 fully saturated rings. The van der Waals surface area contributed by atoms with Gasteiger partial charge in [0.2, 0.25) is 0 Å². The molecule has 0 unspecified atom stereocenters. The van der Waals surface area contributed by atoms with E-state index >= 15 is 0 Å². The van der Waals surface area contributed by atoms with Gasteiger partial charge in [-0.15, -0.1) is 0 Å². The Labute approximate surface area is 123 Å². The van der Waals surface area contributed by atoms with Crippen LogP contribution < -0.4 is 16.2 Å². The molecule has 0 saturated heterocycles. The van der Waals surface area contributed by atoms with Crippen molar-refractivity contribution in [3.8, 4) is 5.75 Å². The maximum Gasteiger partial charge on any atom is 0.252 e. The Balaban J connectivity index is 2.20. The van der Waals surface area contributed by atoms with Gasteiger partial charge in [0.1, 0.15) is 18.2 Å². The zero-order valence-electron chi connectivity index (χ0n) is 10.4. The molecule has 0 radical (unpaired) electrons. The molecule has 0 aliphatic carbocycles. The molecule has 0 spiro atoms. The van der Waals surface area contributed by atoms with Crippen molar-refractivity contribution in [1.29, 1.82) is 0 Å². The van der Waals surface area contributed by atoms with Crippen LogP contribution in [0.2, 0.25) is 0 Å². The molecule has 1 amide bonds. The topological polar surface area (TPSA) is 78.3 Å². The smallest absolute Gasteiger partial charge is 0.252 e. The van der Waals surface area contributed by atoms with Crippen molar-refractivity contribution >= 4 is 27.5 Å². The number of hydrogen-bond acceptors (Lipinski definition) is 3. The molecule has 4 N–H and O–H groups in total. The van der Waals surface area contributed by atoms with Crippen LogP contribution in [0.15, 0.2) is 40.9 Å². The van der Waals surface area contributed by atoms with Crippen molar-refractivity contribution in [3.63, 3.8) is 0 Å². The zero-order valence-corrected chi connectivity index (χ0v) is 12.0. The second kappa shape index (κ2) is 5.92. The van der Waals surface area contributed by atoms with Crippen molar-refractivity contribution in [3.05, 3.63) is 57.8 Å². The van der Waals surface area contributed by atoms with Crippen LogP contribution in [-0.4, -0.2) is 5.91 Å². The van der Waals surface area contributed by atoms with Crippen molar-refractivity contribution in [2.45, 2.75) is 6.61 Å². The third kappa shape index (κ3) is 3.27. The highest BCUT2D eigenvalue weighted by atomic mass is 79.9. The zero-order chi connectivity index (χ0) is 14.7. The Bertz CT molecular complexity index is 662. The number of carbonyl (C=O) groups is 1. The summed E-state index contributed by atoms with van der Waals surface area (Å²) >= 11 is 3.18. The fraction of sp³-hybridized carbons (Fsp3) is 0.0714. The van der Waals surface area contributed by atoms with Gasteiger partial charge in [0.25, 0.3) is 5.91 Å². The lowest BCUT2D eigenvalue weighted by molar-refractivity contribution is 0.0996. The van der Waals surface area contributed by atoms with Gasteiger partial charge in [-0.25, -0.2) is 4.39 Å². The highest BCUT2D eigenvalue weighted by Gasteiger charge is 2.11. The van der Waals surface area contributed by atoms with Crippen LogP contribution in [0.1, 0.15) is 15.9 Å². The molecule has 2 aromatic rings. The minimum atomic E-state index is -0.649. The van der Waals surface area contributed by atoms with E-state index < -0.39 is 11.7 Å². The number of primary amides is 1. The molecule has 4 nitrogen and oxygen atoms in total. The number of carbonyl (C=O) groups excluding carboxylic acids is 1. The van der Waals surface area contributed by atoms with E-state index in [1.807, 2.05) is 0 Å². The largest absolute Gasteiger partial charge is 0.488 e. The van der Waals surface area contributed by atoms with Gasteiger partial charge in [-0.3, -0.25) is 4.79 Å². The Morgan fingerprint density at radius 3 is 2.65 bits per heavy atom. The number of ether oxygens (including phenoxy) is 1. The average Bonchev–Trinajstić information content (AvgIpc) is 2.38. The van der Waals surface area contributed by atoms with Gasteiger partial charge >= 0.3 is 0 Å². The van der Waals surface area contributed by atoms with Crippen molar-refractivity contribution in [2.75, 3.05) is 5.73 Å². The molecule has 0 bridgehead atoms. The third-order valence-corrected chi connectivity index (χ3v) is 3.16. The first-order valence-electron chi connectivity index (χ1n) is 5.73. The first-order chi connectivity index (χ1) is 9.47. The normalized spacial score (nSPS) is 10.3. The summed E-state index contributed by atoms with van der Waals surface area (Å²) in [6, 6.07) is 9.19. The number of amides is 1. The molecule has 0 heterocycles. The van der Waals surface area contributed by atoms with Crippen LogP contribution >= 0.6 is 15.9 Å². The molecule has 0 saturated carbocycles. The van der Waals surface area contributed by atoms with Gasteiger partial charge in [0.15, 0.2) is 0 Å². The minimum absolute atomic E-state index is 0.0106. The van der Waals surface area contributed by atoms with Crippen LogP contribution in [0.25, 0.3) is 0 Å². The summed E-state index contributed by atoms with van der Waals surface area (Å²) < 4.78 is 19.7. The summed E-state index contributed by atoms with van der Waals surface area (Å²) in [5.74, 6) is -0.770. The van der Waals surface area contributed by atoms with Gasteiger partial charge in [0.05, 0.1) is 5.56 Å². The van der Waals surface area contributed by atoms with E-state index in [1.165, 1.54) is 18.2 Å². The van der Waals surface area contributed by atoms with Crippen molar-refractivity contribution < 1.29 is 13.9 Å². The Kier molecular flexibility index (Phi) is 4.24. The van der Waals surface area contributed by atoms with Gasteiger partial charge in [-0.1, -0.05) is 22.0 Å². The number of benzene rings is 2. The van der Waals surface area contributed by atoms with Gasteiger partial charge in [-0.2, -0.15) is 0 Å². The highest BCUT2D eigenvalue weighted by Crippen LogP contribution is 2.23. The van der Waals surface area contributed by atoms with E-state index in [0.29, 0.717) is 15.7 Å². The van der Waals surface area contributed by atoms with E-state index in [0.717, 1.165) is 0 Å². The summed E-state index contributed by atoms with van der Waals surface area (Å²) in [5, 5.41) is 0. The van der Waals surface area contributed by atoms with E-state index in [-0.39, 0.29) is 17.9 Å². The predicted molar refractivity (Wildman–Crippen MR) is 77.8 cm³/mol. The number of nitrogens with two attached hydrogens (primary N) is 2. The van der Waals surface area contributed by atoms with E-state index in [1.54, 1.807) is 18.2 Å². The second-order valence-electron chi connectivity index (χ2n) is 4.14. The number of nitrogen functional groups attached to an aromatic ring is 1. The maximum atomic E-state index is 13.7. The Morgan fingerprint density at radius 2 is 2.00 bits per heavy atom. The average molecular weight is 339 g/mol. The van der Waals surface area contributed by atoms with Crippen LogP contribution in [-0.2, 0) is 6.61 Å². The standard InChI is InChI=1S/C14H12BrFN2O2/c15-9-2-1-8(12(16)5-9)7-20-13-4-3-10(17)6-11(13)14(18)19/h1-6H,7,17H2,(H2,18,19). The fourth-order valence-electron chi connectivity index (χ4n) is 1.66. The lowest BCUT2D eigenvalue weighted by Gasteiger charge is -2.11. The number of hydrogen-bond donors (Lipinski definition) is 2. The number of anilines is 1. The molecule has 0 atom stereocenters. The SMILES string of the molecule is NC(=O)c1cc(N)ccc1OCc1ccc(Br)cc1F. The molecule has 104 valence electrons. The Morgan fingerprint density at radius 1 is 1.25 bits per heavy atom. The first kappa shape index (κ1) is 14.3. The lowest BCUT2D eigenvalue weighted by atomic mass is 10.1. The summed E-state index contributed by atoms with van der Waals surface area (Å²) in [6.45, 7) is -0.0106. The van der Waals surface area contributed by atoms with Crippen LogP contribution in [0, 0.1) is 5.82 Å². The Hall–Kier alpha value is -2.08. The van der Waals surface area contributed by atoms with Crippen LogP contribution in [0.3, 0.4) is 0 Å².